The van der Waals surface area contributed by atoms with Crippen LogP contribution in [0.4, 0.5) is 5.69 Å². The lowest BCUT2D eigenvalue weighted by molar-refractivity contribution is 0.0177. The monoisotopic (exact) mass is 391 g/mol. The van der Waals surface area contributed by atoms with E-state index in [-0.39, 0.29) is 29.8 Å². The quantitative estimate of drug-likeness (QED) is 0.548. The number of benzene rings is 2. The number of nitrogens with one attached hydrogen (secondary N) is 1. The van der Waals surface area contributed by atoms with E-state index in [2.05, 4.69) is 4.72 Å². The average Bonchev–Trinajstić information content (AvgIpc) is 2.58. The fourth-order valence-electron chi connectivity index (χ4n) is 2.44. The number of aryl methyl sites for hydroxylation is 2. The molecule has 2 rings (SSSR count). The summed E-state index contributed by atoms with van der Waals surface area (Å²) in [6, 6.07) is 11.5. The number of carbonyl (C=O) groups is 1. The Kier molecular flexibility index (Phi) is 6.98. The summed E-state index contributed by atoms with van der Waals surface area (Å²) in [4.78, 5) is 12.2. The Morgan fingerprint density at radius 1 is 1.07 bits per heavy atom. The SMILES string of the molecule is Cc1cccc(NS(=O)(=O)c2cc(C(=O)OCCOC(C)C)ccc2C)c1. The molecule has 0 fully saturated rings. The Hall–Kier alpha value is -2.38. The molecule has 1 N–H and O–H groups in total. The molecule has 2 aromatic carbocycles. The zero-order valence-electron chi connectivity index (χ0n) is 16.0. The second-order valence-electron chi connectivity index (χ2n) is 6.51. The molecule has 0 aliphatic rings. The smallest absolute Gasteiger partial charge is 0.338 e. The van der Waals surface area contributed by atoms with Crippen molar-refractivity contribution in [2.45, 2.75) is 38.7 Å². The fraction of sp³-hybridized carbons (Fsp3) is 0.350. The van der Waals surface area contributed by atoms with Gasteiger partial charge in [0.15, 0.2) is 0 Å². The van der Waals surface area contributed by atoms with Crippen LogP contribution in [0.3, 0.4) is 0 Å². The van der Waals surface area contributed by atoms with Gasteiger partial charge in [0.25, 0.3) is 10.0 Å². The summed E-state index contributed by atoms with van der Waals surface area (Å²) >= 11 is 0. The second kappa shape index (κ2) is 9.01. The van der Waals surface area contributed by atoms with Crippen LogP contribution in [0.15, 0.2) is 47.4 Å². The summed E-state index contributed by atoms with van der Waals surface area (Å²) in [5.74, 6) is -0.589. The van der Waals surface area contributed by atoms with Crippen molar-refractivity contribution in [2.75, 3.05) is 17.9 Å². The Labute approximate surface area is 160 Å². The summed E-state index contributed by atoms with van der Waals surface area (Å²) in [6.45, 7) is 7.73. The van der Waals surface area contributed by atoms with Gasteiger partial charge in [0.1, 0.15) is 6.61 Å². The lowest BCUT2D eigenvalue weighted by Gasteiger charge is -2.13. The third-order valence-corrected chi connectivity index (χ3v) is 5.27. The van der Waals surface area contributed by atoms with Crippen molar-refractivity contribution >= 4 is 21.7 Å². The molecular weight excluding hydrogens is 366 g/mol. The Bertz CT molecular complexity index is 906. The van der Waals surface area contributed by atoms with Crippen molar-refractivity contribution in [1.29, 1.82) is 0 Å². The molecule has 0 unspecified atom stereocenters. The van der Waals surface area contributed by atoms with Crippen molar-refractivity contribution in [2.24, 2.45) is 0 Å². The maximum Gasteiger partial charge on any atom is 0.338 e. The summed E-state index contributed by atoms with van der Waals surface area (Å²) in [5, 5.41) is 0. The van der Waals surface area contributed by atoms with Crippen LogP contribution in [0.2, 0.25) is 0 Å². The van der Waals surface area contributed by atoms with Crippen molar-refractivity contribution in [3.63, 3.8) is 0 Å². The molecule has 0 saturated heterocycles. The van der Waals surface area contributed by atoms with Gasteiger partial charge >= 0.3 is 5.97 Å². The number of ether oxygens (including phenoxy) is 2. The van der Waals surface area contributed by atoms with E-state index in [0.29, 0.717) is 11.3 Å². The molecule has 7 heteroatoms. The number of sulfonamides is 1. The van der Waals surface area contributed by atoms with Crippen LogP contribution in [0, 0.1) is 13.8 Å². The van der Waals surface area contributed by atoms with Crippen LogP contribution in [-0.4, -0.2) is 33.7 Å². The van der Waals surface area contributed by atoms with Crippen LogP contribution in [0.1, 0.15) is 35.3 Å². The van der Waals surface area contributed by atoms with Gasteiger partial charge in [-0.2, -0.15) is 0 Å². The van der Waals surface area contributed by atoms with Gasteiger partial charge in [0, 0.05) is 5.69 Å². The number of hydrogen-bond donors (Lipinski definition) is 1. The molecule has 0 spiro atoms. The highest BCUT2D eigenvalue weighted by Crippen LogP contribution is 2.21. The van der Waals surface area contributed by atoms with Crippen molar-refractivity contribution < 1.29 is 22.7 Å². The lowest BCUT2D eigenvalue weighted by atomic mass is 10.1. The first-order valence-corrected chi connectivity index (χ1v) is 10.2. The number of rotatable bonds is 8. The molecule has 6 nitrogen and oxygen atoms in total. The van der Waals surface area contributed by atoms with Crippen LogP contribution in [-0.2, 0) is 19.5 Å². The van der Waals surface area contributed by atoms with E-state index in [1.54, 1.807) is 37.3 Å². The second-order valence-corrected chi connectivity index (χ2v) is 8.16. The Morgan fingerprint density at radius 2 is 1.81 bits per heavy atom. The fourth-order valence-corrected chi connectivity index (χ4v) is 3.76. The molecule has 0 aliphatic heterocycles. The van der Waals surface area contributed by atoms with Gasteiger partial charge in [-0.3, -0.25) is 4.72 Å². The molecule has 0 amide bonds. The molecule has 27 heavy (non-hydrogen) atoms. The van der Waals surface area contributed by atoms with E-state index in [0.717, 1.165) is 5.56 Å². The largest absolute Gasteiger partial charge is 0.460 e. The normalized spacial score (nSPS) is 11.4. The zero-order chi connectivity index (χ0) is 20.0. The first-order chi connectivity index (χ1) is 12.7. The number of anilines is 1. The average molecular weight is 391 g/mol. The molecule has 0 aromatic heterocycles. The van der Waals surface area contributed by atoms with Crippen LogP contribution in [0.25, 0.3) is 0 Å². The Morgan fingerprint density at radius 3 is 2.48 bits per heavy atom. The van der Waals surface area contributed by atoms with Gasteiger partial charge in [0.05, 0.1) is 23.2 Å². The first kappa shape index (κ1) is 20.9. The topological polar surface area (TPSA) is 81.7 Å². The van der Waals surface area contributed by atoms with Gasteiger partial charge in [-0.1, -0.05) is 18.2 Å². The molecule has 146 valence electrons. The number of carbonyl (C=O) groups excluding carboxylic acids is 1. The van der Waals surface area contributed by atoms with E-state index < -0.39 is 16.0 Å². The van der Waals surface area contributed by atoms with E-state index in [4.69, 9.17) is 9.47 Å². The highest BCUT2D eigenvalue weighted by atomic mass is 32.2. The predicted octanol–water partition coefficient (Wildman–Crippen LogP) is 3.69. The minimum atomic E-state index is -3.84. The molecule has 0 bridgehead atoms. The highest BCUT2D eigenvalue weighted by molar-refractivity contribution is 7.92. The van der Waals surface area contributed by atoms with E-state index in [9.17, 15) is 13.2 Å². The number of hydrogen-bond acceptors (Lipinski definition) is 5. The third kappa shape index (κ3) is 6.08. The summed E-state index contributed by atoms with van der Waals surface area (Å²) in [5.41, 5.74) is 2.12. The van der Waals surface area contributed by atoms with Gasteiger partial charge in [-0.25, -0.2) is 13.2 Å². The molecule has 0 aliphatic carbocycles. The highest BCUT2D eigenvalue weighted by Gasteiger charge is 2.20. The van der Waals surface area contributed by atoms with Crippen molar-refractivity contribution in [1.82, 2.24) is 0 Å². The minimum Gasteiger partial charge on any atom is -0.460 e. The maximum atomic E-state index is 12.8. The molecule has 0 atom stereocenters. The molecule has 2 aromatic rings. The third-order valence-electron chi connectivity index (χ3n) is 3.75. The lowest BCUT2D eigenvalue weighted by Crippen LogP contribution is -2.17. The van der Waals surface area contributed by atoms with Crippen molar-refractivity contribution in [3.8, 4) is 0 Å². The molecule has 0 radical (unpaired) electrons. The summed E-state index contributed by atoms with van der Waals surface area (Å²) in [7, 11) is -3.84. The van der Waals surface area contributed by atoms with Gasteiger partial charge in [0.2, 0.25) is 0 Å². The van der Waals surface area contributed by atoms with E-state index >= 15 is 0 Å². The number of esters is 1. The molecular formula is C20H25NO5S. The summed E-state index contributed by atoms with van der Waals surface area (Å²) in [6.07, 6.45) is 0.0486. The van der Waals surface area contributed by atoms with Crippen molar-refractivity contribution in [3.05, 3.63) is 59.2 Å². The van der Waals surface area contributed by atoms with Gasteiger partial charge in [-0.15, -0.1) is 0 Å². The molecule has 0 saturated carbocycles. The van der Waals surface area contributed by atoms with Gasteiger partial charge < -0.3 is 9.47 Å². The predicted molar refractivity (Wildman–Crippen MR) is 105 cm³/mol. The van der Waals surface area contributed by atoms with E-state index in [1.165, 1.54) is 6.07 Å². The minimum absolute atomic E-state index is 0.0388. The standard InChI is InChI=1S/C20H25NO5S/c1-14(2)25-10-11-26-20(22)17-9-8-16(4)19(13-17)27(23,24)21-18-7-5-6-15(3)12-18/h5-9,12-14,21H,10-11H2,1-4H3. The van der Waals surface area contributed by atoms with E-state index in [1.807, 2.05) is 26.8 Å². The molecule has 0 heterocycles. The van der Waals surface area contributed by atoms with Crippen LogP contribution < -0.4 is 4.72 Å². The zero-order valence-corrected chi connectivity index (χ0v) is 16.8. The van der Waals surface area contributed by atoms with Crippen LogP contribution in [0.5, 0.6) is 0 Å². The van der Waals surface area contributed by atoms with Crippen LogP contribution >= 0.6 is 0 Å². The maximum absolute atomic E-state index is 12.8. The summed E-state index contributed by atoms with van der Waals surface area (Å²) < 4.78 is 38.5. The first-order valence-electron chi connectivity index (χ1n) is 8.68. The van der Waals surface area contributed by atoms with Gasteiger partial charge in [-0.05, 0) is 63.1 Å². The Balaban J connectivity index is 2.17.